The van der Waals surface area contributed by atoms with Gasteiger partial charge in [0.15, 0.2) is 18.9 Å². The lowest BCUT2D eigenvalue weighted by molar-refractivity contribution is -0.379. The highest BCUT2D eigenvalue weighted by Gasteiger charge is 2.53. The van der Waals surface area contributed by atoms with Gasteiger partial charge in [-0.25, -0.2) is 0 Å². The van der Waals surface area contributed by atoms with Crippen molar-refractivity contribution in [2.24, 2.45) is 0 Å². The lowest BCUT2D eigenvalue weighted by atomic mass is 9.96. The number of aliphatic hydroxyl groups is 11. The number of amides is 1. The third-order valence-corrected chi connectivity index (χ3v) is 18.2. The minimum absolute atomic E-state index is 0.235. The topological polar surface area (TPSA) is 307 Å². The van der Waals surface area contributed by atoms with Crippen LogP contribution in [0, 0.1) is 0 Å². The zero-order valence-electron chi connectivity index (χ0n) is 55.9. The van der Waals surface area contributed by atoms with Gasteiger partial charge in [-0.1, -0.05) is 256 Å². The standard InChI is InChI=1S/C71H131NO18/c1-3-5-7-9-11-13-15-17-19-21-23-24-25-26-27-28-29-30-31-32-34-36-38-40-42-44-46-48-55(76)54(72-59(77)49-47-45-43-41-39-37-35-33-22-20-18-16-14-12-10-8-6-4-2)53-85-69-65(83)62(80)67(57(51-74)87-69)90-71-66(84)63(81)68(58(52-75)88-71)89-70-64(82)61(79)60(78)56(50-73)86-70/h14,16,20,22,46,48,54-58,60-71,73-76,78-84H,3-13,15,17-19,21,23-45,47,49-53H2,1-2H3,(H,72,77)/b16-14-,22-20-,48-46+. The van der Waals surface area contributed by atoms with Crippen LogP contribution in [-0.4, -0.2) is 193 Å². The van der Waals surface area contributed by atoms with Crippen molar-refractivity contribution >= 4 is 5.91 Å². The molecule has 90 heavy (non-hydrogen) atoms. The first-order valence-electron chi connectivity index (χ1n) is 36.2. The molecule has 0 saturated carbocycles. The summed E-state index contributed by atoms with van der Waals surface area (Å²) in [4.78, 5) is 13.4. The highest BCUT2D eigenvalue weighted by Crippen LogP contribution is 2.33. The van der Waals surface area contributed by atoms with Crippen molar-refractivity contribution in [1.29, 1.82) is 0 Å². The van der Waals surface area contributed by atoms with Gasteiger partial charge in [-0.2, -0.15) is 0 Å². The van der Waals surface area contributed by atoms with E-state index in [9.17, 15) is 61.0 Å². The van der Waals surface area contributed by atoms with E-state index < -0.39 is 124 Å². The second-order valence-corrected chi connectivity index (χ2v) is 26.1. The maximum Gasteiger partial charge on any atom is 0.220 e. The van der Waals surface area contributed by atoms with E-state index in [0.717, 1.165) is 83.5 Å². The predicted octanol–water partition coefficient (Wildman–Crippen LogP) is 10.00. The molecule has 19 nitrogen and oxygen atoms in total. The van der Waals surface area contributed by atoms with Crippen LogP contribution in [-0.2, 0) is 33.2 Å². The fraction of sp³-hybridized carbons (Fsp3) is 0.901. The van der Waals surface area contributed by atoms with Gasteiger partial charge >= 0.3 is 0 Å². The first kappa shape index (κ1) is 82.2. The Kier molecular flexibility index (Phi) is 48.6. The van der Waals surface area contributed by atoms with E-state index in [1.165, 1.54) is 167 Å². The lowest BCUT2D eigenvalue weighted by Crippen LogP contribution is -2.66. The van der Waals surface area contributed by atoms with Crippen molar-refractivity contribution < 1.29 is 89.4 Å². The average Bonchev–Trinajstić information content (AvgIpc) is 0.847. The van der Waals surface area contributed by atoms with Crippen LogP contribution in [0.25, 0.3) is 0 Å². The maximum atomic E-state index is 13.4. The van der Waals surface area contributed by atoms with E-state index in [4.69, 9.17) is 28.4 Å². The van der Waals surface area contributed by atoms with Crippen molar-refractivity contribution in [3.05, 3.63) is 36.5 Å². The molecule has 0 aromatic heterocycles. The van der Waals surface area contributed by atoms with Gasteiger partial charge in [0.2, 0.25) is 5.91 Å². The minimum Gasteiger partial charge on any atom is -0.394 e. The summed E-state index contributed by atoms with van der Waals surface area (Å²) in [5.41, 5.74) is 0. The summed E-state index contributed by atoms with van der Waals surface area (Å²) in [6.07, 6.45) is 35.5. The van der Waals surface area contributed by atoms with Crippen LogP contribution in [0.1, 0.15) is 277 Å². The van der Waals surface area contributed by atoms with Gasteiger partial charge in [-0.05, 0) is 51.4 Å². The summed E-state index contributed by atoms with van der Waals surface area (Å²) in [7, 11) is 0. The number of unbranched alkanes of at least 4 members (excludes halogenated alkanes) is 36. The van der Waals surface area contributed by atoms with E-state index in [1.54, 1.807) is 6.08 Å². The highest BCUT2D eigenvalue weighted by atomic mass is 16.8. The molecule has 3 saturated heterocycles. The summed E-state index contributed by atoms with van der Waals surface area (Å²) in [6.45, 7) is 1.74. The molecule has 19 heteroatoms. The average molecular weight is 1290 g/mol. The molecule has 0 bridgehead atoms. The van der Waals surface area contributed by atoms with E-state index in [2.05, 4.69) is 43.5 Å². The van der Waals surface area contributed by atoms with E-state index in [0.29, 0.717) is 6.42 Å². The Hall–Kier alpha value is -1.99. The minimum atomic E-state index is -1.98. The molecule has 3 rings (SSSR count). The third kappa shape index (κ3) is 34.6. The molecular weight excluding hydrogens is 1150 g/mol. The van der Waals surface area contributed by atoms with Gasteiger partial charge in [0, 0.05) is 6.42 Å². The summed E-state index contributed by atoms with van der Waals surface area (Å²) >= 11 is 0. The zero-order valence-corrected chi connectivity index (χ0v) is 55.9. The Labute approximate surface area is 542 Å². The summed E-state index contributed by atoms with van der Waals surface area (Å²) < 4.78 is 34.4. The monoisotopic (exact) mass is 1290 g/mol. The van der Waals surface area contributed by atoms with Gasteiger partial charge in [0.1, 0.15) is 73.2 Å². The fourth-order valence-corrected chi connectivity index (χ4v) is 12.3. The summed E-state index contributed by atoms with van der Waals surface area (Å²) in [5, 5.41) is 121. The van der Waals surface area contributed by atoms with Gasteiger partial charge in [-0.15, -0.1) is 0 Å². The first-order chi connectivity index (χ1) is 43.8. The maximum absolute atomic E-state index is 13.4. The van der Waals surface area contributed by atoms with Crippen LogP contribution in [0.4, 0.5) is 0 Å². The largest absolute Gasteiger partial charge is 0.394 e. The molecule has 0 radical (unpaired) electrons. The van der Waals surface area contributed by atoms with E-state index in [-0.39, 0.29) is 18.9 Å². The number of hydrogen-bond donors (Lipinski definition) is 12. The predicted molar refractivity (Wildman–Crippen MR) is 351 cm³/mol. The fourth-order valence-electron chi connectivity index (χ4n) is 12.3. The molecular formula is C71H131NO18. The number of ether oxygens (including phenoxy) is 6. The SMILES string of the molecule is CCCCCC/C=C\C/C=C\CCCCCCCCCC(=O)NC(COC1OC(CO)C(OC2OC(CO)C(OC3OC(CO)C(O)C(O)C3O)C(O)C2O)C(O)C1O)C(O)/C=C/CCCCCCCCCCCCCCCCCCCCCCCCCCC. The second-order valence-electron chi connectivity index (χ2n) is 26.1. The molecule has 3 aliphatic heterocycles. The Bertz CT molecular complexity index is 1780. The van der Waals surface area contributed by atoms with Crippen LogP contribution in [0.2, 0.25) is 0 Å². The van der Waals surface area contributed by atoms with Crippen molar-refractivity contribution in [2.45, 2.75) is 381 Å². The Morgan fingerprint density at radius 3 is 1.14 bits per heavy atom. The molecule has 17 unspecified atom stereocenters. The summed E-state index contributed by atoms with van der Waals surface area (Å²) in [5.74, 6) is -0.281. The molecule has 3 fully saturated rings. The molecule has 0 aromatic rings. The number of carbonyl (C=O) groups is 1. The molecule has 528 valence electrons. The molecule has 3 aliphatic rings. The van der Waals surface area contributed by atoms with E-state index >= 15 is 0 Å². The smallest absolute Gasteiger partial charge is 0.220 e. The Morgan fingerprint density at radius 1 is 0.400 bits per heavy atom. The molecule has 17 atom stereocenters. The third-order valence-electron chi connectivity index (χ3n) is 18.2. The van der Waals surface area contributed by atoms with Crippen molar-refractivity contribution in [3.63, 3.8) is 0 Å². The van der Waals surface area contributed by atoms with Gasteiger partial charge in [0.25, 0.3) is 0 Å². The number of rotatable bonds is 56. The quantitative estimate of drug-likeness (QED) is 0.0199. The molecule has 3 heterocycles. The number of allylic oxidation sites excluding steroid dienone is 5. The number of nitrogens with one attached hydrogen (secondary N) is 1. The lowest BCUT2D eigenvalue weighted by Gasteiger charge is -2.48. The van der Waals surface area contributed by atoms with Crippen LogP contribution >= 0.6 is 0 Å². The first-order valence-corrected chi connectivity index (χ1v) is 36.2. The molecule has 0 aromatic carbocycles. The molecule has 1 amide bonds. The number of carbonyl (C=O) groups excluding carboxylic acids is 1. The van der Waals surface area contributed by atoms with Crippen molar-refractivity contribution in [2.75, 3.05) is 26.4 Å². The van der Waals surface area contributed by atoms with Crippen LogP contribution < -0.4 is 5.32 Å². The van der Waals surface area contributed by atoms with Crippen molar-refractivity contribution in [3.8, 4) is 0 Å². The zero-order chi connectivity index (χ0) is 65.4. The van der Waals surface area contributed by atoms with Gasteiger partial charge < -0.3 is 89.9 Å². The molecule has 12 N–H and O–H groups in total. The van der Waals surface area contributed by atoms with Crippen molar-refractivity contribution in [1.82, 2.24) is 5.32 Å². The van der Waals surface area contributed by atoms with Gasteiger partial charge in [-0.3, -0.25) is 4.79 Å². The molecule has 0 spiro atoms. The van der Waals surface area contributed by atoms with E-state index in [1.807, 2.05) is 6.08 Å². The Morgan fingerprint density at radius 2 is 0.733 bits per heavy atom. The highest BCUT2D eigenvalue weighted by molar-refractivity contribution is 5.76. The number of hydrogen-bond acceptors (Lipinski definition) is 18. The normalized spacial score (nSPS) is 28.2. The van der Waals surface area contributed by atoms with Crippen LogP contribution in [0.3, 0.4) is 0 Å². The summed E-state index contributed by atoms with van der Waals surface area (Å²) in [6, 6.07) is -0.978. The molecule has 0 aliphatic carbocycles. The van der Waals surface area contributed by atoms with Crippen LogP contribution in [0.5, 0.6) is 0 Å². The Balaban J connectivity index is 1.42. The number of aliphatic hydroxyl groups excluding tert-OH is 11. The van der Waals surface area contributed by atoms with Gasteiger partial charge in [0.05, 0.1) is 38.6 Å². The van der Waals surface area contributed by atoms with Crippen LogP contribution in [0.15, 0.2) is 36.5 Å². The second kappa shape index (κ2) is 53.2.